The van der Waals surface area contributed by atoms with E-state index in [1.165, 1.54) is 27.6 Å². The molecule has 0 saturated carbocycles. The average molecular weight is 356 g/mol. The van der Waals surface area contributed by atoms with Crippen LogP contribution in [0, 0.1) is 0 Å². The summed E-state index contributed by atoms with van der Waals surface area (Å²) in [5, 5.41) is 4.92. The Morgan fingerprint density at radius 3 is 2.59 bits per heavy atom. The highest BCUT2D eigenvalue weighted by Gasteiger charge is 2.17. The molecule has 3 aromatic carbocycles. The van der Waals surface area contributed by atoms with Crippen LogP contribution in [0.25, 0.3) is 10.9 Å². The second-order valence-electron chi connectivity index (χ2n) is 6.74. The van der Waals surface area contributed by atoms with Gasteiger partial charge >= 0.3 is 0 Å². The summed E-state index contributed by atoms with van der Waals surface area (Å²) in [5.41, 5.74) is 5.05. The molecule has 0 unspecified atom stereocenters. The summed E-state index contributed by atoms with van der Waals surface area (Å²) in [6.07, 6.45) is 2.15. The van der Waals surface area contributed by atoms with E-state index in [0.717, 1.165) is 18.8 Å². The summed E-state index contributed by atoms with van der Waals surface area (Å²) in [7, 11) is 1.70. The van der Waals surface area contributed by atoms with Gasteiger partial charge in [0, 0.05) is 36.1 Å². The van der Waals surface area contributed by atoms with Crippen molar-refractivity contribution in [2.75, 3.05) is 13.7 Å². The summed E-state index contributed by atoms with van der Waals surface area (Å²) in [5.74, 6) is 1.18. The summed E-state index contributed by atoms with van der Waals surface area (Å²) < 4.78 is 5.33. The van der Waals surface area contributed by atoms with Gasteiger partial charge in [0.1, 0.15) is 5.75 Å². The molecular formula is C24H24N2O. The van der Waals surface area contributed by atoms with Crippen LogP contribution < -0.4 is 10.1 Å². The second-order valence-corrected chi connectivity index (χ2v) is 6.74. The highest BCUT2D eigenvalue weighted by Crippen LogP contribution is 2.30. The first-order valence-corrected chi connectivity index (χ1v) is 9.30. The molecule has 1 atom stereocenters. The molecule has 3 heteroatoms. The van der Waals surface area contributed by atoms with E-state index >= 15 is 0 Å². The monoisotopic (exact) mass is 356 g/mol. The Balaban J connectivity index is 1.57. The molecule has 0 aliphatic heterocycles. The molecule has 0 bridgehead atoms. The van der Waals surface area contributed by atoms with Crippen LogP contribution in [0.15, 0.2) is 85.1 Å². The van der Waals surface area contributed by atoms with Crippen molar-refractivity contribution in [3.05, 3.63) is 102 Å². The van der Waals surface area contributed by atoms with E-state index in [1.807, 2.05) is 12.1 Å². The number of hydrogen-bond acceptors (Lipinski definition) is 2. The van der Waals surface area contributed by atoms with Crippen LogP contribution in [0.2, 0.25) is 0 Å². The Labute approximate surface area is 160 Å². The average Bonchev–Trinajstić information content (AvgIpc) is 3.16. The zero-order chi connectivity index (χ0) is 18.5. The first kappa shape index (κ1) is 17.4. The summed E-state index contributed by atoms with van der Waals surface area (Å²) in [6, 6.07) is 27.4. The third-order valence-corrected chi connectivity index (χ3v) is 5.01. The lowest BCUT2D eigenvalue weighted by Gasteiger charge is -2.18. The van der Waals surface area contributed by atoms with E-state index in [9.17, 15) is 0 Å². The number of H-pyrrole nitrogens is 1. The van der Waals surface area contributed by atoms with Gasteiger partial charge in [-0.15, -0.1) is 0 Å². The summed E-state index contributed by atoms with van der Waals surface area (Å²) in [4.78, 5) is 3.42. The zero-order valence-electron chi connectivity index (χ0n) is 15.5. The number of ether oxygens (including phenoxy) is 1. The van der Waals surface area contributed by atoms with E-state index in [0.29, 0.717) is 0 Å². The van der Waals surface area contributed by atoms with Gasteiger partial charge in [0.05, 0.1) is 7.11 Å². The minimum absolute atomic E-state index is 0.285. The van der Waals surface area contributed by atoms with E-state index in [4.69, 9.17) is 4.74 Å². The van der Waals surface area contributed by atoms with E-state index in [2.05, 4.69) is 83.2 Å². The fourth-order valence-electron chi connectivity index (χ4n) is 3.62. The summed E-state index contributed by atoms with van der Waals surface area (Å²) >= 11 is 0. The van der Waals surface area contributed by atoms with Crippen molar-refractivity contribution in [3.63, 3.8) is 0 Å². The molecule has 0 saturated heterocycles. The van der Waals surface area contributed by atoms with Gasteiger partial charge in [-0.2, -0.15) is 0 Å². The fraction of sp³-hybridized carbons (Fsp3) is 0.167. The van der Waals surface area contributed by atoms with E-state index in [-0.39, 0.29) is 5.92 Å². The Hall–Kier alpha value is -3.04. The number of aromatic amines is 1. The first-order valence-electron chi connectivity index (χ1n) is 9.30. The highest BCUT2D eigenvalue weighted by atomic mass is 16.5. The number of aromatic nitrogens is 1. The predicted molar refractivity (Wildman–Crippen MR) is 111 cm³/mol. The number of fused-ring (bicyclic) bond motifs is 1. The van der Waals surface area contributed by atoms with Gasteiger partial charge in [-0.3, -0.25) is 0 Å². The largest absolute Gasteiger partial charge is 0.497 e. The number of rotatable bonds is 7. The maximum absolute atomic E-state index is 5.33. The lowest BCUT2D eigenvalue weighted by atomic mass is 9.91. The van der Waals surface area contributed by atoms with Crippen LogP contribution in [0.1, 0.15) is 22.6 Å². The molecule has 27 heavy (non-hydrogen) atoms. The van der Waals surface area contributed by atoms with Gasteiger partial charge in [0.25, 0.3) is 0 Å². The molecule has 0 aliphatic carbocycles. The molecule has 0 spiro atoms. The van der Waals surface area contributed by atoms with Crippen LogP contribution in [0.4, 0.5) is 0 Å². The van der Waals surface area contributed by atoms with Crippen LogP contribution in [0.5, 0.6) is 5.75 Å². The Bertz CT molecular complexity index is 1010. The van der Waals surface area contributed by atoms with Gasteiger partial charge in [-0.05, 0) is 34.9 Å². The van der Waals surface area contributed by atoms with Crippen LogP contribution >= 0.6 is 0 Å². The van der Waals surface area contributed by atoms with Gasteiger partial charge in [-0.25, -0.2) is 0 Å². The Kier molecular flexibility index (Phi) is 5.22. The predicted octanol–water partition coefficient (Wildman–Crippen LogP) is 5.10. The topological polar surface area (TPSA) is 37.0 Å². The Morgan fingerprint density at radius 2 is 1.74 bits per heavy atom. The maximum Gasteiger partial charge on any atom is 0.119 e. The number of benzene rings is 3. The quantitative estimate of drug-likeness (QED) is 0.483. The zero-order valence-corrected chi connectivity index (χ0v) is 15.5. The van der Waals surface area contributed by atoms with Crippen molar-refractivity contribution in [3.8, 4) is 5.75 Å². The van der Waals surface area contributed by atoms with Crippen molar-refractivity contribution in [1.82, 2.24) is 10.3 Å². The van der Waals surface area contributed by atoms with Crippen molar-refractivity contribution >= 4 is 10.9 Å². The Morgan fingerprint density at radius 1 is 0.926 bits per heavy atom. The van der Waals surface area contributed by atoms with Gasteiger partial charge in [0.2, 0.25) is 0 Å². The highest BCUT2D eigenvalue weighted by molar-refractivity contribution is 5.84. The van der Waals surface area contributed by atoms with Crippen molar-refractivity contribution in [2.45, 2.75) is 12.5 Å². The molecule has 0 aliphatic rings. The van der Waals surface area contributed by atoms with E-state index < -0.39 is 0 Å². The van der Waals surface area contributed by atoms with Gasteiger partial charge in [-0.1, -0.05) is 60.7 Å². The maximum atomic E-state index is 5.33. The number of hydrogen-bond donors (Lipinski definition) is 2. The lowest BCUT2D eigenvalue weighted by molar-refractivity contribution is 0.414. The molecule has 1 heterocycles. The molecule has 2 N–H and O–H groups in total. The fourth-order valence-corrected chi connectivity index (χ4v) is 3.62. The van der Waals surface area contributed by atoms with Gasteiger partial charge < -0.3 is 15.0 Å². The number of para-hydroxylation sites is 1. The smallest absolute Gasteiger partial charge is 0.119 e. The molecule has 0 fully saturated rings. The third-order valence-electron chi connectivity index (χ3n) is 5.01. The van der Waals surface area contributed by atoms with Crippen LogP contribution in [-0.2, 0) is 6.54 Å². The van der Waals surface area contributed by atoms with Crippen molar-refractivity contribution in [2.24, 2.45) is 0 Å². The molecule has 1 aromatic heterocycles. The van der Waals surface area contributed by atoms with Crippen LogP contribution in [0.3, 0.4) is 0 Å². The second kappa shape index (κ2) is 8.11. The number of nitrogens with one attached hydrogen (secondary N) is 2. The molecular weight excluding hydrogens is 332 g/mol. The molecule has 3 nitrogen and oxygen atoms in total. The number of methoxy groups -OCH3 is 1. The molecule has 136 valence electrons. The first-order chi connectivity index (χ1) is 13.3. The normalized spacial score (nSPS) is 12.2. The minimum atomic E-state index is 0.285. The standard InChI is InChI=1S/C24H24N2O/c1-27-20-11-7-8-18(14-20)15-25-16-22(19-9-3-2-4-10-19)23-17-26-24-13-6-5-12-21(23)24/h2-14,17,22,25-26H,15-16H2,1H3/t22-/m0/s1. The van der Waals surface area contributed by atoms with Gasteiger partial charge in [0.15, 0.2) is 0 Å². The lowest BCUT2D eigenvalue weighted by Crippen LogP contribution is -2.22. The summed E-state index contributed by atoms with van der Waals surface area (Å²) in [6.45, 7) is 1.67. The van der Waals surface area contributed by atoms with E-state index in [1.54, 1.807) is 7.11 Å². The SMILES string of the molecule is COc1cccc(CNC[C@@H](c2ccccc2)c2c[nH]c3ccccc23)c1. The van der Waals surface area contributed by atoms with Crippen molar-refractivity contribution < 1.29 is 4.74 Å². The minimum Gasteiger partial charge on any atom is -0.497 e. The molecule has 0 amide bonds. The molecule has 4 rings (SSSR count). The molecule has 4 aromatic rings. The third kappa shape index (κ3) is 3.88. The molecule has 0 radical (unpaired) electrons. The van der Waals surface area contributed by atoms with Crippen LogP contribution in [-0.4, -0.2) is 18.6 Å². The van der Waals surface area contributed by atoms with Crippen molar-refractivity contribution in [1.29, 1.82) is 0 Å².